The Labute approximate surface area is 118 Å². The van der Waals surface area contributed by atoms with Crippen molar-refractivity contribution in [1.82, 2.24) is 5.32 Å². The summed E-state index contributed by atoms with van der Waals surface area (Å²) in [5, 5.41) is 3.76. The van der Waals surface area contributed by atoms with Gasteiger partial charge in [0.25, 0.3) is 0 Å². The van der Waals surface area contributed by atoms with Gasteiger partial charge in [-0.1, -0.05) is 39.0 Å². The van der Waals surface area contributed by atoms with Gasteiger partial charge in [-0.2, -0.15) is 0 Å². The molecule has 1 aliphatic rings. The van der Waals surface area contributed by atoms with Crippen molar-refractivity contribution < 1.29 is 0 Å². The van der Waals surface area contributed by atoms with E-state index in [4.69, 9.17) is 0 Å². The number of fused-ring (bicyclic) bond motifs is 1. The Bertz CT molecular complexity index is 411. The van der Waals surface area contributed by atoms with E-state index < -0.39 is 0 Å². The van der Waals surface area contributed by atoms with Crippen LogP contribution in [0, 0.1) is 0 Å². The van der Waals surface area contributed by atoms with Crippen LogP contribution in [0.4, 0.5) is 5.69 Å². The van der Waals surface area contributed by atoms with Crippen LogP contribution in [0.15, 0.2) is 24.3 Å². The second-order valence-corrected chi connectivity index (χ2v) is 5.99. The Morgan fingerprint density at radius 1 is 1.21 bits per heavy atom. The van der Waals surface area contributed by atoms with E-state index >= 15 is 0 Å². The van der Waals surface area contributed by atoms with Gasteiger partial charge in [-0.3, -0.25) is 0 Å². The third-order valence-electron chi connectivity index (χ3n) is 4.69. The van der Waals surface area contributed by atoms with Gasteiger partial charge in [0, 0.05) is 30.4 Å². The van der Waals surface area contributed by atoms with Crippen LogP contribution < -0.4 is 10.2 Å². The van der Waals surface area contributed by atoms with E-state index in [1.54, 1.807) is 0 Å². The second-order valence-electron chi connectivity index (χ2n) is 5.99. The van der Waals surface area contributed by atoms with Gasteiger partial charge < -0.3 is 10.2 Å². The molecule has 1 aliphatic heterocycles. The van der Waals surface area contributed by atoms with Crippen LogP contribution in [-0.2, 0) is 6.54 Å². The maximum atomic E-state index is 3.76. The third kappa shape index (κ3) is 2.94. The summed E-state index contributed by atoms with van der Waals surface area (Å²) in [4.78, 5) is 2.64. The molecule has 0 radical (unpaired) electrons. The van der Waals surface area contributed by atoms with Crippen LogP contribution in [0.1, 0.15) is 52.5 Å². The summed E-state index contributed by atoms with van der Waals surface area (Å²) in [5.41, 5.74) is 3.08. The minimum absolute atomic E-state index is 0.210. The van der Waals surface area contributed by atoms with Gasteiger partial charge in [0.05, 0.1) is 0 Å². The zero-order valence-corrected chi connectivity index (χ0v) is 12.9. The fourth-order valence-electron chi connectivity index (χ4n) is 3.06. The summed E-state index contributed by atoms with van der Waals surface area (Å²) >= 11 is 0. The average Bonchev–Trinajstić information content (AvgIpc) is 2.59. The molecule has 2 rings (SSSR count). The molecule has 2 nitrogen and oxygen atoms in total. The van der Waals surface area contributed by atoms with Gasteiger partial charge >= 0.3 is 0 Å². The summed E-state index contributed by atoms with van der Waals surface area (Å²) in [7, 11) is 0. The predicted molar refractivity (Wildman–Crippen MR) is 83.7 cm³/mol. The Kier molecular flexibility index (Phi) is 4.51. The fourth-order valence-corrected chi connectivity index (χ4v) is 3.06. The fraction of sp³-hybridized carbons (Fsp3) is 0.647. The zero-order valence-electron chi connectivity index (χ0n) is 12.9. The van der Waals surface area contributed by atoms with E-state index in [9.17, 15) is 0 Å². The van der Waals surface area contributed by atoms with E-state index in [1.807, 2.05) is 0 Å². The van der Waals surface area contributed by atoms with Crippen molar-refractivity contribution in [2.45, 2.75) is 65.1 Å². The van der Waals surface area contributed by atoms with Crippen LogP contribution in [0.5, 0.6) is 0 Å². The molecule has 0 saturated carbocycles. The first-order chi connectivity index (χ1) is 9.13. The Morgan fingerprint density at radius 3 is 2.53 bits per heavy atom. The Morgan fingerprint density at radius 2 is 1.89 bits per heavy atom. The average molecular weight is 260 g/mol. The van der Waals surface area contributed by atoms with Gasteiger partial charge in [-0.05, 0) is 37.8 Å². The molecule has 1 unspecified atom stereocenters. The van der Waals surface area contributed by atoms with E-state index in [2.05, 4.69) is 62.2 Å². The standard InChI is InChI=1S/C17H28N2/c1-5-15(6-2)19-13-17(4,7-3)18-12-14-10-8-9-11-16(14)19/h8-11,15,18H,5-7,12-13H2,1-4H3. The molecule has 1 heterocycles. The maximum Gasteiger partial charge on any atom is 0.0414 e. The van der Waals surface area contributed by atoms with E-state index in [-0.39, 0.29) is 5.54 Å². The van der Waals surface area contributed by atoms with Crippen molar-refractivity contribution >= 4 is 5.69 Å². The van der Waals surface area contributed by atoms with Crippen molar-refractivity contribution in [2.75, 3.05) is 11.4 Å². The molecule has 0 aliphatic carbocycles. The SMILES string of the molecule is CCC(CC)N1CC(C)(CC)NCc2ccccc21. The Balaban J connectivity index is 2.40. The number of benzene rings is 1. The second kappa shape index (κ2) is 5.96. The molecule has 0 fully saturated rings. The summed E-state index contributed by atoms with van der Waals surface area (Å²) in [6.45, 7) is 11.3. The van der Waals surface area contributed by atoms with Crippen LogP contribution in [0.2, 0.25) is 0 Å². The van der Waals surface area contributed by atoms with Crippen LogP contribution in [0.25, 0.3) is 0 Å². The lowest BCUT2D eigenvalue weighted by atomic mass is 9.97. The normalized spacial score (nSPS) is 23.3. The van der Waals surface area contributed by atoms with E-state index in [0.29, 0.717) is 6.04 Å². The van der Waals surface area contributed by atoms with Gasteiger partial charge in [-0.25, -0.2) is 0 Å². The quantitative estimate of drug-likeness (QED) is 0.881. The molecule has 0 saturated heterocycles. The summed E-state index contributed by atoms with van der Waals surface area (Å²) in [6, 6.07) is 9.52. The first-order valence-corrected chi connectivity index (χ1v) is 7.73. The lowest BCUT2D eigenvalue weighted by molar-refractivity contribution is 0.337. The van der Waals surface area contributed by atoms with Gasteiger partial charge in [-0.15, -0.1) is 0 Å². The van der Waals surface area contributed by atoms with Crippen LogP contribution >= 0.6 is 0 Å². The lowest BCUT2D eigenvalue weighted by Gasteiger charge is -2.38. The van der Waals surface area contributed by atoms with Crippen molar-refractivity contribution in [3.05, 3.63) is 29.8 Å². The molecule has 106 valence electrons. The number of nitrogens with zero attached hydrogens (tertiary/aromatic N) is 1. The van der Waals surface area contributed by atoms with Crippen LogP contribution in [0.3, 0.4) is 0 Å². The van der Waals surface area contributed by atoms with E-state index in [0.717, 1.165) is 19.5 Å². The summed E-state index contributed by atoms with van der Waals surface area (Å²) < 4.78 is 0. The maximum absolute atomic E-state index is 3.76. The molecule has 1 aromatic carbocycles. The van der Waals surface area contributed by atoms with Gasteiger partial charge in [0.15, 0.2) is 0 Å². The topological polar surface area (TPSA) is 15.3 Å². The number of nitrogens with one attached hydrogen (secondary N) is 1. The highest BCUT2D eigenvalue weighted by atomic mass is 15.2. The predicted octanol–water partition coefficient (Wildman–Crippen LogP) is 3.95. The first-order valence-electron chi connectivity index (χ1n) is 7.73. The minimum atomic E-state index is 0.210. The molecule has 1 aromatic rings. The number of para-hydroxylation sites is 1. The number of hydrogen-bond acceptors (Lipinski definition) is 2. The van der Waals surface area contributed by atoms with E-state index in [1.165, 1.54) is 24.1 Å². The van der Waals surface area contributed by atoms with Crippen LogP contribution in [-0.4, -0.2) is 18.1 Å². The molecule has 0 bridgehead atoms. The molecule has 2 heteroatoms. The van der Waals surface area contributed by atoms with Crippen molar-refractivity contribution in [3.8, 4) is 0 Å². The molecular formula is C17H28N2. The van der Waals surface area contributed by atoms with Gasteiger partial charge in [0.2, 0.25) is 0 Å². The van der Waals surface area contributed by atoms with Gasteiger partial charge in [0.1, 0.15) is 0 Å². The smallest absolute Gasteiger partial charge is 0.0414 e. The number of hydrogen-bond donors (Lipinski definition) is 1. The molecule has 19 heavy (non-hydrogen) atoms. The Hall–Kier alpha value is -1.02. The molecule has 1 atom stereocenters. The minimum Gasteiger partial charge on any atom is -0.366 e. The van der Waals surface area contributed by atoms with Crippen molar-refractivity contribution in [2.24, 2.45) is 0 Å². The first kappa shape index (κ1) is 14.4. The highest BCUT2D eigenvalue weighted by Crippen LogP contribution is 2.30. The highest BCUT2D eigenvalue weighted by Gasteiger charge is 2.31. The summed E-state index contributed by atoms with van der Waals surface area (Å²) in [6.07, 6.45) is 3.59. The molecule has 1 N–H and O–H groups in total. The third-order valence-corrected chi connectivity index (χ3v) is 4.69. The molecule has 0 aromatic heterocycles. The number of rotatable bonds is 4. The molecule has 0 spiro atoms. The molecule has 0 amide bonds. The van der Waals surface area contributed by atoms with Crippen molar-refractivity contribution in [3.63, 3.8) is 0 Å². The lowest BCUT2D eigenvalue weighted by Crippen LogP contribution is -2.51. The molecular weight excluding hydrogens is 232 g/mol. The number of anilines is 1. The zero-order chi connectivity index (χ0) is 13.9. The monoisotopic (exact) mass is 260 g/mol. The highest BCUT2D eigenvalue weighted by molar-refractivity contribution is 5.55. The van der Waals surface area contributed by atoms with Crippen molar-refractivity contribution in [1.29, 1.82) is 0 Å². The largest absolute Gasteiger partial charge is 0.366 e. The summed E-state index contributed by atoms with van der Waals surface area (Å²) in [5.74, 6) is 0.